The van der Waals surface area contributed by atoms with E-state index < -0.39 is 11.8 Å². The van der Waals surface area contributed by atoms with E-state index in [-0.39, 0.29) is 18.1 Å². The molecule has 3 N–H and O–H groups in total. The first-order valence-electron chi connectivity index (χ1n) is 6.45. The van der Waals surface area contributed by atoms with Gasteiger partial charge < -0.3 is 16.0 Å². The second kappa shape index (κ2) is 7.26. The fraction of sp³-hybridized carbons (Fsp3) is 0.143. The second-order valence-corrected chi connectivity index (χ2v) is 5.44. The van der Waals surface area contributed by atoms with Crippen LogP contribution >= 0.6 is 23.2 Å². The summed E-state index contributed by atoms with van der Waals surface area (Å²) in [5, 5.41) is 3.32. The zero-order chi connectivity index (χ0) is 17.0. The standard InChI is InChI=1S/C14H13Cl2N5O2/c1-21(14(23)12-13(17)19-5-4-18-12)7-11(22)20-8-2-3-9(15)10(16)6-8/h2-6H,7H2,1H3,(H2,17,19)(H,20,22). The molecule has 0 spiro atoms. The number of anilines is 2. The van der Waals surface area contributed by atoms with Crippen LogP contribution in [-0.2, 0) is 4.79 Å². The zero-order valence-electron chi connectivity index (χ0n) is 12.1. The molecule has 0 radical (unpaired) electrons. The molecular formula is C14H13Cl2N5O2. The van der Waals surface area contributed by atoms with E-state index in [1.54, 1.807) is 12.1 Å². The molecule has 7 nitrogen and oxygen atoms in total. The first-order chi connectivity index (χ1) is 10.9. The summed E-state index contributed by atoms with van der Waals surface area (Å²) in [6.07, 6.45) is 2.73. The van der Waals surface area contributed by atoms with E-state index in [0.29, 0.717) is 15.7 Å². The van der Waals surface area contributed by atoms with Gasteiger partial charge in [-0.05, 0) is 18.2 Å². The number of carbonyl (C=O) groups is 2. The van der Waals surface area contributed by atoms with Crippen molar-refractivity contribution in [3.63, 3.8) is 0 Å². The normalized spacial score (nSPS) is 10.2. The Labute approximate surface area is 142 Å². The molecule has 0 fully saturated rings. The fourth-order valence-electron chi connectivity index (χ4n) is 1.76. The van der Waals surface area contributed by atoms with Gasteiger partial charge in [-0.15, -0.1) is 0 Å². The lowest BCUT2D eigenvalue weighted by Crippen LogP contribution is -2.35. The van der Waals surface area contributed by atoms with E-state index in [1.165, 1.54) is 30.4 Å². The second-order valence-electron chi connectivity index (χ2n) is 4.63. The molecule has 0 bridgehead atoms. The van der Waals surface area contributed by atoms with Crippen LogP contribution in [0, 0.1) is 0 Å². The van der Waals surface area contributed by atoms with E-state index >= 15 is 0 Å². The number of nitrogens with zero attached hydrogens (tertiary/aromatic N) is 3. The van der Waals surface area contributed by atoms with Gasteiger partial charge in [0, 0.05) is 25.1 Å². The van der Waals surface area contributed by atoms with Gasteiger partial charge in [-0.2, -0.15) is 0 Å². The van der Waals surface area contributed by atoms with Crippen LogP contribution in [-0.4, -0.2) is 40.3 Å². The number of nitrogen functional groups attached to an aromatic ring is 1. The Bertz CT molecular complexity index is 754. The third kappa shape index (κ3) is 4.30. The summed E-state index contributed by atoms with van der Waals surface area (Å²) in [5.74, 6) is -0.893. The number of halogens is 2. The van der Waals surface area contributed by atoms with Crippen molar-refractivity contribution in [1.82, 2.24) is 14.9 Å². The van der Waals surface area contributed by atoms with Crippen LogP contribution in [0.3, 0.4) is 0 Å². The molecule has 0 saturated carbocycles. The summed E-state index contributed by atoms with van der Waals surface area (Å²) >= 11 is 11.7. The maximum absolute atomic E-state index is 12.2. The number of nitrogens with two attached hydrogens (primary N) is 1. The van der Waals surface area contributed by atoms with E-state index in [2.05, 4.69) is 15.3 Å². The molecule has 1 aromatic heterocycles. The van der Waals surface area contributed by atoms with Gasteiger partial charge in [0.25, 0.3) is 5.91 Å². The number of rotatable bonds is 4. The molecule has 9 heteroatoms. The number of likely N-dealkylation sites (N-methyl/N-ethyl adjacent to an activating group) is 1. The Morgan fingerprint density at radius 1 is 1.22 bits per heavy atom. The van der Waals surface area contributed by atoms with Crippen LogP contribution in [0.1, 0.15) is 10.5 Å². The van der Waals surface area contributed by atoms with Crippen LogP contribution < -0.4 is 11.1 Å². The molecule has 2 aromatic rings. The number of hydrogen-bond acceptors (Lipinski definition) is 5. The van der Waals surface area contributed by atoms with Crippen molar-refractivity contribution < 1.29 is 9.59 Å². The van der Waals surface area contributed by atoms with Gasteiger partial charge in [0.2, 0.25) is 5.91 Å². The third-order valence-corrected chi connectivity index (χ3v) is 3.60. The molecular weight excluding hydrogens is 341 g/mol. The molecule has 0 saturated heterocycles. The Hall–Kier alpha value is -2.38. The van der Waals surface area contributed by atoms with E-state index in [4.69, 9.17) is 28.9 Å². The minimum absolute atomic E-state index is 0.00247. The summed E-state index contributed by atoms with van der Waals surface area (Å²) in [7, 11) is 1.46. The van der Waals surface area contributed by atoms with E-state index in [9.17, 15) is 9.59 Å². The smallest absolute Gasteiger partial charge is 0.276 e. The van der Waals surface area contributed by atoms with Crippen molar-refractivity contribution in [2.75, 3.05) is 24.6 Å². The minimum Gasteiger partial charge on any atom is -0.382 e. The average Bonchev–Trinajstić information content (AvgIpc) is 2.50. The zero-order valence-corrected chi connectivity index (χ0v) is 13.6. The topological polar surface area (TPSA) is 101 Å². The maximum Gasteiger partial charge on any atom is 0.276 e. The SMILES string of the molecule is CN(CC(=O)Nc1ccc(Cl)c(Cl)c1)C(=O)c1nccnc1N. The summed E-state index contributed by atoms with van der Waals surface area (Å²) < 4.78 is 0. The fourth-order valence-corrected chi connectivity index (χ4v) is 2.05. The third-order valence-electron chi connectivity index (χ3n) is 2.86. The van der Waals surface area contributed by atoms with Crippen LogP contribution in [0.4, 0.5) is 11.5 Å². The van der Waals surface area contributed by atoms with Gasteiger partial charge in [-0.25, -0.2) is 9.97 Å². The van der Waals surface area contributed by atoms with Crippen molar-refractivity contribution in [1.29, 1.82) is 0 Å². The lowest BCUT2D eigenvalue weighted by atomic mass is 10.3. The molecule has 1 heterocycles. The Balaban J connectivity index is 2.00. The minimum atomic E-state index is -0.500. The molecule has 2 amide bonds. The number of hydrogen-bond donors (Lipinski definition) is 2. The molecule has 0 unspecified atom stereocenters. The molecule has 0 atom stereocenters. The van der Waals surface area contributed by atoms with Crippen molar-refractivity contribution in [3.8, 4) is 0 Å². The molecule has 0 aliphatic heterocycles. The van der Waals surface area contributed by atoms with Crippen LogP contribution in [0.5, 0.6) is 0 Å². The molecule has 120 valence electrons. The van der Waals surface area contributed by atoms with Gasteiger partial charge >= 0.3 is 0 Å². The van der Waals surface area contributed by atoms with Gasteiger partial charge in [0.15, 0.2) is 11.5 Å². The van der Waals surface area contributed by atoms with Crippen molar-refractivity contribution in [3.05, 3.63) is 46.3 Å². The summed E-state index contributed by atoms with van der Waals surface area (Å²) in [4.78, 5) is 33.0. The van der Waals surface area contributed by atoms with E-state index in [1.807, 2.05) is 0 Å². The monoisotopic (exact) mass is 353 g/mol. The van der Waals surface area contributed by atoms with Crippen LogP contribution in [0.25, 0.3) is 0 Å². The maximum atomic E-state index is 12.2. The summed E-state index contributed by atoms with van der Waals surface area (Å²) in [5.41, 5.74) is 6.07. The van der Waals surface area contributed by atoms with E-state index in [0.717, 1.165) is 0 Å². The molecule has 2 rings (SSSR count). The molecule has 23 heavy (non-hydrogen) atoms. The predicted octanol–water partition coefficient (Wildman–Crippen LogP) is 2.08. The summed E-state index contributed by atoms with van der Waals surface area (Å²) in [6.45, 7) is -0.185. The highest BCUT2D eigenvalue weighted by Crippen LogP contribution is 2.24. The number of nitrogens with one attached hydrogen (secondary N) is 1. The van der Waals surface area contributed by atoms with Crippen molar-refractivity contribution in [2.45, 2.75) is 0 Å². The lowest BCUT2D eigenvalue weighted by Gasteiger charge is -2.17. The van der Waals surface area contributed by atoms with Gasteiger partial charge in [0.1, 0.15) is 0 Å². The van der Waals surface area contributed by atoms with Crippen LogP contribution in [0.15, 0.2) is 30.6 Å². The quantitative estimate of drug-likeness (QED) is 0.875. The highest BCUT2D eigenvalue weighted by molar-refractivity contribution is 6.42. The van der Waals surface area contributed by atoms with Crippen molar-refractivity contribution >= 4 is 46.5 Å². The largest absolute Gasteiger partial charge is 0.382 e. The van der Waals surface area contributed by atoms with Gasteiger partial charge in [-0.1, -0.05) is 23.2 Å². The summed E-state index contributed by atoms with van der Waals surface area (Å²) in [6, 6.07) is 4.69. The van der Waals surface area contributed by atoms with Gasteiger partial charge in [0.05, 0.1) is 16.6 Å². The first-order valence-corrected chi connectivity index (χ1v) is 7.21. The molecule has 1 aromatic carbocycles. The first kappa shape index (κ1) is 17.0. The highest BCUT2D eigenvalue weighted by atomic mass is 35.5. The highest BCUT2D eigenvalue weighted by Gasteiger charge is 2.19. The Morgan fingerprint density at radius 3 is 2.57 bits per heavy atom. The molecule has 0 aliphatic carbocycles. The number of amides is 2. The predicted molar refractivity (Wildman–Crippen MR) is 88.5 cm³/mol. The molecule has 0 aliphatic rings. The number of aromatic nitrogens is 2. The lowest BCUT2D eigenvalue weighted by molar-refractivity contribution is -0.116. The Kier molecular flexibility index (Phi) is 5.36. The van der Waals surface area contributed by atoms with Crippen LogP contribution in [0.2, 0.25) is 10.0 Å². The Morgan fingerprint density at radius 2 is 1.91 bits per heavy atom. The average molecular weight is 354 g/mol. The number of benzene rings is 1. The van der Waals surface area contributed by atoms with Gasteiger partial charge in [-0.3, -0.25) is 9.59 Å². The van der Waals surface area contributed by atoms with Crippen molar-refractivity contribution in [2.24, 2.45) is 0 Å². The number of carbonyl (C=O) groups excluding carboxylic acids is 2.